The fraction of sp³-hybridized carbons (Fsp3) is 0.300. The van der Waals surface area contributed by atoms with Crippen LogP contribution in [-0.2, 0) is 0 Å². The van der Waals surface area contributed by atoms with Gasteiger partial charge in [0, 0.05) is 5.69 Å². The zero-order chi connectivity index (χ0) is 9.14. The second kappa shape index (κ2) is 3.27. The van der Waals surface area contributed by atoms with Crippen molar-refractivity contribution in [1.29, 1.82) is 5.26 Å². The standard InChI is InChI=1S/C10H12N2/c1-7(2)8-4-3-5-10(12)9(8)6-11/h3-5,7H,12H2,1-2H3. The van der Waals surface area contributed by atoms with Crippen LogP contribution in [0.3, 0.4) is 0 Å². The zero-order valence-electron chi connectivity index (χ0n) is 7.33. The van der Waals surface area contributed by atoms with Crippen LogP contribution in [0.1, 0.15) is 30.9 Å². The van der Waals surface area contributed by atoms with E-state index in [1.54, 1.807) is 6.07 Å². The van der Waals surface area contributed by atoms with E-state index < -0.39 is 0 Å². The molecule has 0 saturated heterocycles. The number of nitriles is 1. The number of hydrogen-bond acceptors (Lipinski definition) is 2. The Morgan fingerprint density at radius 1 is 1.42 bits per heavy atom. The SMILES string of the molecule is CC(C)c1cccc(N)c1C#N. The summed E-state index contributed by atoms with van der Waals surface area (Å²) < 4.78 is 0. The summed E-state index contributed by atoms with van der Waals surface area (Å²) in [5.74, 6) is 0.350. The van der Waals surface area contributed by atoms with E-state index in [4.69, 9.17) is 11.0 Å². The number of hydrogen-bond donors (Lipinski definition) is 1. The monoisotopic (exact) mass is 160 g/mol. The molecule has 2 N–H and O–H groups in total. The van der Waals surface area contributed by atoms with Gasteiger partial charge in [0.05, 0.1) is 5.56 Å². The lowest BCUT2D eigenvalue weighted by molar-refractivity contribution is 0.863. The summed E-state index contributed by atoms with van der Waals surface area (Å²) >= 11 is 0. The number of anilines is 1. The lowest BCUT2D eigenvalue weighted by atomic mass is 9.97. The maximum Gasteiger partial charge on any atom is 0.102 e. The highest BCUT2D eigenvalue weighted by Gasteiger charge is 2.07. The van der Waals surface area contributed by atoms with Gasteiger partial charge in [-0.05, 0) is 17.5 Å². The molecule has 0 fully saturated rings. The predicted octanol–water partition coefficient (Wildman–Crippen LogP) is 2.26. The minimum atomic E-state index is 0.350. The van der Waals surface area contributed by atoms with Crippen LogP contribution in [-0.4, -0.2) is 0 Å². The van der Waals surface area contributed by atoms with Gasteiger partial charge in [-0.25, -0.2) is 0 Å². The molecule has 0 spiro atoms. The van der Waals surface area contributed by atoms with Gasteiger partial charge >= 0.3 is 0 Å². The van der Waals surface area contributed by atoms with Crippen molar-refractivity contribution in [2.24, 2.45) is 0 Å². The molecule has 0 atom stereocenters. The van der Waals surface area contributed by atoms with Gasteiger partial charge in [0.2, 0.25) is 0 Å². The fourth-order valence-electron chi connectivity index (χ4n) is 1.20. The van der Waals surface area contributed by atoms with Crippen LogP contribution >= 0.6 is 0 Å². The smallest absolute Gasteiger partial charge is 0.102 e. The van der Waals surface area contributed by atoms with Crippen molar-refractivity contribution in [2.75, 3.05) is 5.73 Å². The molecule has 0 aliphatic carbocycles. The Bertz CT molecular complexity index is 321. The topological polar surface area (TPSA) is 49.8 Å². The summed E-state index contributed by atoms with van der Waals surface area (Å²) in [6.07, 6.45) is 0. The molecule has 0 aliphatic rings. The van der Waals surface area contributed by atoms with Crippen molar-refractivity contribution in [3.05, 3.63) is 29.3 Å². The molecule has 0 unspecified atom stereocenters. The summed E-state index contributed by atoms with van der Waals surface area (Å²) in [4.78, 5) is 0. The van der Waals surface area contributed by atoms with E-state index in [0.29, 0.717) is 17.2 Å². The molecule has 2 nitrogen and oxygen atoms in total. The van der Waals surface area contributed by atoms with Gasteiger partial charge in [-0.15, -0.1) is 0 Å². The highest BCUT2D eigenvalue weighted by Crippen LogP contribution is 2.22. The normalized spacial score (nSPS) is 9.83. The van der Waals surface area contributed by atoms with E-state index >= 15 is 0 Å². The average Bonchev–Trinajstić information content (AvgIpc) is 2.03. The van der Waals surface area contributed by atoms with Crippen LogP contribution in [0.25, 0.3) is 0 Å². The molecular weight excluding hydrogens is 148 g/mol. The van der Waals surface area contributed by atoms with Crippen molar-refractivity contribution in [1.82, 2.24) is 0 Å². The van der Waals surface area contributed by atoms with E-state index in [0.717, 1.165) is 5.56 Å². The minimum absolute atomic E-state index is 0.350. The molecule has 2 heteroatoms. The fourth-order valence-corrected chi connectivity index (χ4v) is 1.20. The van der Waals surface area contributed by atoms with Crippen LogP contribution < -0.4 is 5.73 Å². The van der Waals surface area contributed by atoms with Crippen LogP contribution in [0, 0.1) is 11.3 Å². The van der Waals surface area contributed by atoms with Crippen molar-refractivity contribution in [3.8, 4) is 6.07 Å². The number of benzene rings is 1. The largest absolute Gasteiger partial charge is 0.398 e. The van der Waals surface area contributed by atoms with E-state index in [1.807, 2.05) is 12.1 Å². The number of rotatable bonds is 1. The summed E-state index contributed by atoms with van der Waals surface area (Å²) in [6, 6.07) is 7.70. The second-order valence-corrected chi connectivity index (χ2v) is 3.08. The van der Waals surface area contributed by atoms with Crippen LogP contribution in [0.4, 0.5) is 5.69 Å². The Labute approximate surface area is 72.6 Å². The van der Waals surface area contributed by atoms with Crippen molar-refractivity contribution in [2.45, 2.75) is 19.8 Å². The molecule has 0 aliphatic heterocycles. The van der Waals surface area contributed by atoms with E-state index in [-0.39, 0.29) is 0 Å². The zero-order valence-corrected chi connectivity index (χ0v) is 7.33. The lowest BCUT2D eigenvalue weighted by Crippen LogP contribution is -1.97. The Morgan fingerprint density at radius 2 is 2.08 bits per heavy atom. The summed E-state index contributed by atoms with van der Waals surface area (Å²) in [6.45, 7) is 4.10. The van der Waals surface area contributed by atoms with Crippen LogP contribution in [0.2, 0.25) is 0 Å². The van der Waals surface area contributed by atoms with Crippen molar-refractivity contribution >= 4 is 5.69 Å². The highest BCUT2D eigenvalue weighted by molar-refractivity contribution is 5.58. The summed E-state index contributed by atoms with van der Waals surface area (Å²) in [5, 5.41) is 8.82. The second-order valence-electron chi connectivity index (χ2n) is 3.08. The van der Waals surface area contributed by atoms with Gasteiger partial charge in [0.25, 0.3) is 0 Å². The number of nitrogen functional groups attached to an aromatic ring is 1. The first kappa shape index (κ1) is 8.61. The van der Waals surface area contributed by atoms with Crippen LogP contribution in [0.5, 0.6) is 0 Å². The van der Waals surface area contributed by atoms with E-state index in [9.17, 15) is 0 Å². The maximum atomic E-state index is 8.82. The molecule has 0 bridgehead atoms. The summed E-state index contributed by atoms with van der Waals surface area (Å²) in [5.41, 5.74) is 7.86. The Morgan fingerprint density at radius 3 is 2.50 bits per heavy atom. The average molecular weight is 160 g/mol. The van der Waals surface area contributed by atoms with Gasteiger partial charge in [-0.3, -0.25) is 0 Å². The quantitative estimate of drug-likeness (QED) is 0.640. The van der Waals surface area contributed by atoms with Crippen molar-refractivity contribution in [3.63, 3.8) is 0 Å². The molecule has 0 amide bonds. The van der Waals surface area contributed by atoms with E-state index in [1.165, 1.54) is 0 Å². The maximum absolute atomic E-state index is 8.82. The Kier molecular flexibility index (Phi) is 2.35. The third-order valence-electron chi connectivity index (χ3n) is 1.86. The first-order valence-electron chi connectivity index (χ1n) is 3.95. The van der Waals surface area contributed by atoms with Gasteiger partial charge in [-0.2, -0.15) is 5.26 Å². The van der Waals surface area contributed by atoms with E-state index in [2.05, 4.69) is 19.9 Å². The molecule has 0 radical (unpaired) electrons. The van der Waals surface area contributed by atoms with Crippen molar-refractivity contribution < 1.29 is 0 Å². The first-order valence-corrected chi connectivity index (χ1v) is 3.95. The van der Waals surface area contributed by atoms with Gasteiger partial charge in [0.15, 0.2) is 0 Å². The molecule has 1 aromatic carbocycles. The Hall–Kier alpha value is -1.49. The molecule has 0 heterocycles. The molecule has 12 heavy (non-hydrogen) atoms. The molecule has 1 aromatic rings. The lowest BCUT2D eigenvalue weighted by Gasteiger charge is -2.08. The predicted molar refractivity (Wildman–Crippen MR) is 49.7 cm³/mol. The van der Waals surface area contributed by atoms with Gasteiger partial charge in [0.1, 0.15) is 6.07 Å². The molecule has 0 aromatic heterocycles. The minimum Gasteiger partial charge on any atom is -0.398 e. The molecule has 0 saturated carbocycles. The third kappa shape index (κ3) is 1.40. The molecular formula is C10H12N2. The first-order chi connectivity index (χ1) is 5.66. The van der Waals surface area contributed by atoms with Gasteiger partial charge in [-0.1, -0.05) is 26.0 Å². The number of nitrogens with two attached hydrogens (primary N) is 1. The highest BCUT2D eigenvalue weighted by atomic mass is 14.6. The number of nitrogens with zero attached hydrogens (tertiary/aromatic N) is 1. The summed E-state index contributed by atoms with van der Waals surface area (Å²) in [7, 11) is 0. The van der Waals surface area contributed by atoms with Crippen LogP contribution in [0.15, 0.2) is 18.2 Å². The molecule has 62 valence electrons. The third-order valence-corrected chi connectivity index (χ3v) is 1.86. The molecule has 1 rings (SSSR count). The Balaban J connectivity index is 3.30. The van der Waals surface area contributed by atoms with Gasteiger partial charge < -0.3 is 5.73 Å².